The predicted molar refractivity (Wildman–Crippen MR) is 79.0 cm³/mol. The van der Waals surface area contributed by atoms with Gasteiger partial charge in [-0.1, -0.05) is 6.07 Å². The largest absolute Gasteiger partial charge is 0.508 e. The minimum absolute atomic E-state index is 0.000383. The van der Waals surface area contributed by atoms with Gasteiger partial charge in [-0.05, 0) is 42.5 Å². The molecule has 1 N–H and O–H groups in total. The quantitative estimate of drug-likeness (QED) is 0.936. The van der Waals surface area contributed by atoms with Gasteiger partial charge in [0, 0.05) is 31.9 Å². The number of rotatable bonds is 3. The first-order valence-corrected chi connectivity index (χ1v) is 7.17. The van der Waals surface area contributed by atoms with Gasteiger partial charge in [0.2, 0.25) is 0 Å². The van der Waals surface area contributed by atoms with Crippen molar-refractivity contribution >= 4 is 5.91 Å². The van der Waals surface area contributed by atoms with Crippen molar-refractivity contribution < 1.29 is 9.90 Å². The molecule has 3 rings (SSSR count). The van der Waals surface area contributed by atoms with Gasteiger partial charge >= 0.3 is 0 Å². The average molecular weight is 285 g/mol. The van der Waals surface area contributed by atoms with Crippen molar-refractivity contribution in [2.45, 2.75) is 12.8 Å². The van der Waals surface area contributed by atoms with Crippen LogP contribution in [0.2, 0.25) is 0 Å². The molecule has 0 spiro atoms. The summed E-state index contributed by atoms with van der Waals surface area (Å²) >= 11 is 0. The Morgan fingerprint density at radius 3 is 3.05 bits per heavy atom. The summed E-state index contributed by atoms with van der Waals surface area (Å²) in [5.74, 6) is 0.613. The molecule has 0 unspecified atom stereocenters. The maximum Gasteiger partial charge on any atom is 0.253 e. The third-order valence-electron chi connectivity index (χ3n) is 3.95. The highest BCUT2D eigenvalue weighted by atomic mass is 16.3. The number of carbonyl (C=O) groups excluding carboxylic acids is 1. The molecule has 110 valence electrons. The molecule has 0 radical (unpaired) electrons. The topological polar surface area (TPSA) is 58.4 Å². The fraction of sp³-hybridized carbons (Fsp3) is 0.375. The second-order valence-corrected chi connectivity index (χ2v) is 5.68. The Labute approximate surface area is 123 Å². The van der Waals surface area contributed by atoms with Gasteiger partial charge in [-0.25, -0.2) is 0 Å². The molecule has 1 aromatic carbocycles. The molecule has 0 saturated carbocycles. The summed E-state index contributed by atoms with van der Waals surface area (Å²) in [6, 6.07) is 6.55. The summed E-state index contributed by atoms with van der Waals surface area (Å²) < 4.78 is 1.81. The molecule has 1 amide bonds. The third-order valence-corrected chi connectivity index (χ3v) is 3.95. The van der Waals surface area contributed by atoms with Crippen LogP contribution < -0.4 is 0 Å². The van der Waals surface area contributed by atoms with Crippen molar-refractivity contribution in [2.24, 2.45) is 13.0 Å². The fourth-order valence-electron chi connectivity index (χ4n) is 2.92. The van der Waals surface area contributed by atoms with Crippen molar-refractivity contribution in [1.29, 1.82) is 0 Å². The fourth-order valence-corrected chi connectivity index (χ4v) is 2.92. The molecule has 5 nitrogen and oxygen atoms in total. The normalized spacial score (nSPS) is 18.1. The lowest BCUT2D eigenvalue weighted by atomic mass is 10.0. The van der Waals surface area contributed by atoms with E-state index in [0.717, 1.165) is 25.9 Å². The van der Waals surface area contributed by atoms with E-state index in [4.69, 9.17) is 0 Å². The molecule has 1 atom stereocenters. The molecular formula is C16H19N3O2. The molecule has 1 aliphatic heterocycles. The maximum absolute atomic E-state index is 12.4. The summed E-state index contributed by atoms with van der Waals surface area (Å²) in [4.78, 5) is 14.3. The maximum atomic E-state index is 12.4. The molecule has 5 heteroatoms. The van der Waals surface area contributed by atoms with Gasteiger partial charge in [-0.3, -0.25) is 9.48 Å². The zero-order valence-corrected chi connectivity index (χ0v) is 12.1. The van der Waals surface area contributed by atoms with E-state index in [9.17, 15) is 9.90 Å². The zero-order chi connectivity index (χ0) is 14.8. The molecule has 1 aliphatic rings. The Morgan fingerprint density at radius 1 is 1.48 bits per heavy atom. The van der Waals surface area contributed by atoms with Crippen molar-refractivity contribution in [3.05, 3.63) is 47.8 Å². The summed E-state index contributed by atoms with van der Waals surface area (Å²) in [6.07, 6.45) is 5.89. The van der Waals surface area contributed by atoms with E-state index in [1.54, 1.807) is 22.9 Å². The number of carbonyl (C=O) groups is 1. The molecule has 2 heterocycles. The van der Waals surface area contributed by atoms with Crippen LogP contribution in [0.25, 0.3) is 0 Å². The van der Waals surface area contributed by atoms with Crippen LogP contribution in [-0.2, 0) is 13.5 Å². The van der Waals surface area contributed by atoms with Gasteiger partial charge in [0.1, 0.15) is 5.75 Å². The number of aryl methyl sites for hydroxylation is 1. The molecule has 0 aliphatic carbocycles. The first kappa shape index (κ1) is 13.7. The van der Waals surface area contributed by atoms with E-state index in [0.29, 0.717) is 11.5 Å². The average Bonchev–Trinajstić information content (AvgIpc) is 3.08. The summed E-state index contributed by atoms with van der Waals surface area (Å²) in [6.45, 7) is 1.54. The Bertz CT molecular complexity index is 650. The first-order valence-electron chi connectivity index (χ1n) is 7.17. The predicted octanol–water partition coefficient (Wildman–Crippen LogP) is 1.83. The number of amides is 1. The van der Waals surface area contributed by atoms with Gasteiger partial charge in [0.25, 0.3) is 5.91 Å². The first-order chi connectivity index (χ1) is 10.1. The monoisotopic (exact) mass is 285 g/mol. The van der Waals surface area contributed by atoms with Crippen LogP contribution >= 0.6 is 0 Å². The number of likely N-dealkylation sites (tertiary alicyclic amines) is 1. The molecular weight excluding hydrogens is 266 g/mol. The third kappa shape index (κ3) is 3.07. The number of aromatic hydroxyl groups is 1. The van der Waals surface area contributed by atoms with Crippen LogP contribution in [-0.4, -0.2) is 38.8 Å². The van der Waals surface area contributed by atoms with E-state index in [-0.39, 0.29) is 11.7 Å². The lowest BCUT2D eigenvalue weighted by molar-refractivity contribution is 0.0786. The van der Waals surface area contributed by atoms with Crippen molar-refractivity contribution in [2.75, 3.05) is 13.1 Å². The standard InChI is InChI=1S/C16H19N3O2/c1-18-10-13(9-17-18)7-12-5-6-19(11-12)16(21)14-3-2-4-15(20)8-14/h2-4,8-10,12,20H,5-7,11H2,1H3/t12-/m0/s1. The molecule has 0 bridgehead atoms. The molecule has 21 heavy (non-hydrogen) atoms. The second kappa shape index (κ2) is 5.60. The Kier molecular flexibility index (Phi) is 3.64. The highest BCUT2D eigenvalue weighted by Gasteiger charge is 2.27. The SMILES string of the molecule is Cn1cc(C[C@@H]2CCN(C(=O)c3cccc(O)c3)C2)cn1. The molecule has 1 fully saturated rings. The molecule has 1 aromatic heterocycles. The van der Waals surface area contributed by atoms with Gasteiger partial charge in [0.15, 0.2) is 0 Å². The summed E-state index contributed by atoms with van der Waals surface area (Å²) in [5.41, 5.74) is 1.77. The van der Waals surface area contributed by atoms with Gasteiger partial charge in [-0.15, -0.1) is 0 Å². The van der Waals surface area contributed by atoms with Gasteiger partial charge in [-0.2, -0.15) is 5.10 Å². The Hall–Kier alpha value is -2.30. The van der Waals surface area contributed by atoms with Gasteiger partial charge < -0.3 is 10.0 Å². The van der Waals surface area contributed by atoms with Crippen LogP contribution in [0.3, 0.4) is 0 Å². The molecule has 2 aromatic rings. The number of benzene rings is 1. The number of phenolic OH excluding ortho intramolecular Hbond substituents is 1. The lowest BCUT2D eigenvalue weighted by Gasteiger charge is -2.16. The van der Waals surface area contributed by atoms with E-state index < -0.39 is 0 Å². The van der Waals surface area contributed by atoms with E-state index in [2.05, 4.69) is 5.10 Å². The van der Waals surface area contributed by atoms with E-state index in [1.165, 1.54) is 11.6 Å². The van der Waals surface area contributed by atoms with Crippen LogP contribution in [0.5, 0.6) is 5.75 Å². The Morgan fingerprint density at radius 2 is 2.33 bits per heavy atom. The van der Waals surface area contributed by atoms with Crippen molar-refractivity contribution in [1.82, 2.24) is 14.7 Å². The van der Waals surface area contributed by atoms with E-state index in [1.807, 2.05) is 24.3 Å². The van der Waals surface area contributed by atoms with Crippen molar-refractivity contribution in [3.8, 4) is 5.75 Å². The van der Waals surface area contributed by atoms with Crippen LogP contribution in [0, 0.1) is 5.92 Å². The van der Waals surface area contributed by atoms with Crippen LogP contribution in [0.4, 0.5) is 0 Å². The number of nitrogens with zero attached hydrogens (tertiary/aromatic N) is 3. The highest BCUT2D eigenvalue weighted by Crippen LogP contribution is 2.23. The number of hydrogen-bond acceptors (Lipinski definition) is 3. The van der Waals surface area contributed by atoms with E-state index >= 15 is 0 Å². The lowest BCUT2D eigenvalue weighted by Crippen LogP contribution is -2.28. The highest BCUT2D eigenvalue weighted by molar-refractivity contribution is 5.94. The minimum Gasteiger partial charge on any atom is -0.508 e. The second-order valence-electron chi connectivity index (χ2n) is 5.68. The van der Waals surface area contributed by atoms with Crippen LogP contribution in [0.1, 0.15) is 22.3 Å². The van der Waals surface area contributed by atoms with Crippen LogP contribution in [0.15, 0.2) is 36.7 Å². The van der Waals surface area contributed by atoms with Gasteiger partial charge in [0.05, 0.1) is 6.20 Å². The summed E-state index contributed by atoms with van der Waals surface area (Å²) in [5, 5.41) is 13.7. The Balaban J connectivity index is 1.62. The summed E-state index contributed by atoms with van der Waals surface area (Å²) in [7, 11) is 1.91. The zero-order valence-electron chi connectivity index (χ0n) is 12.1. The smallest absolute Gasteiger partial charge is 0.253 e. The molecule has 1 saturated heterocycles. The van der Waals surface area contributed by atoms with Crippen molar-refractivity contribution in [3.63, 3.8) is 0 Å². The number of phenols is 1. The minimum atomic E-state index is -0.000383. The number of hydrogen-bond donors (Lipinski definition) is 1. The number of aromatic nitrogens is 2.